The molecule has 116 valence electrons. The minimum Gasteiger partial charge on any atom is -0.346 e. The Balaban J connectivity index is 1.57. The number of carbonyl (C=O) groups is 1. The van der Waals surface area contributed by atoms with Crippen molar-refractivity contribution >= 4 is 16.9 Å². The molecule has 0 unspecified atom stereocenters. The highest BCUT2D eigenvalue weighted by Crippen LogP contribution is 2.30. The first-order chi connectivity index (χ1) is 11.0. The van der Waals surface area contributed by atoms with Gasteiger partial charge in [-0.2, -0.15) is 0 Å². The van der Waals surface area contributed by atoms with Crippen molar-refractivity contribution in [2.75, 3.05) is 0 Å². The maximum atomic E-state index is 12.6. The van der Waals surface area contributed by atoms with Crippen LogP contribution in [0.3, 0.4) is 0 Å². The van der Waals surface area contributed by atoms with Crippen LogP contribution in [0.1, 0.15) is 28.4 Å². The van der Waals surface area contributed by atoms with Crippen LogP contribution in [-0.4, -0.2) is 21.0 Å². The Kier molecular flexibility index (Phi) is 3.01. The number of hydrogen-bond acceptors (Lipinski definition) is 2. The fraction of sp³-hybridized carbons (Fsp3) is 0.263. The van der Waals surface area contributed by atoms with E-state index >= 15 is 0 Å². The summed E-state index contributed by atoms with van der Waals surface area (Å²) in [6.07, 6.45) is 5.35. The smallest absolute Gasteiger partial charge is 0.253 e. The Morgan fingerprint density at radius 2 is 1.91 bits per heavy atom. The van der Waals surface area contributed by atoms with Crippen molar-refractivity contribution in [3.8, 4) is 0 Å². The Morgan fingerprint density at radius 1 is 1.22 bits per heavy atom. The summed E-state index contributed by atoms with van der Waals surface area (Å²) in [6.45, 7) is 2.11. The van der Waals surface area contributed by atoms with Crippen LogP contribution in [0.5, 0.6) is 0 Å². The highest BCUT2D eigenvalue weighted by molar-refractivity contribution is 5.97. The highest BCUT2D eigenvalue weighted by atomic mass is 16.1. The van der Waals surface area contributed by atoms with Gasteiger partial charge < -0.3 is 9.88 Å². The lowest BCUT2D eigenvalue weighted by molar-refractivity contribution is 0.0909. The second kappa shape index (κ2) is 4.95. The molecule has 1 aliphatic rings. The van der Waals surface area contributed by atoms with Gasteiger partial charge in [0, 0.05) is 30.4 Å². The summed E-state index contributed by atoms with van der Waals surface area (Å²) >= 11 is 0. The molecule has 1 amide bonds. The monoisotopic (exact) mass is 305 g/mol. The maximum absolute atomic E-state index is 12.6. The number of nitrogens with zero attached hydrogens (tertiary/aromatic N) is 2. The lowest BCUT2D eigenvalue weighted by atomic mass is 9.98. The quantitative estimate of drug-likeness (QED) is 0.791. The molecule has 0 saturated heterocycles. The summed E-state index contributed by atoms with van der Waals surface area (Å²) in [7, 11) is 1.95. The summed E-state index contributed by atoms with van der Waals surface area (Å²) in [5, 5.41) is 4.19. The molecule has 4 heteroatoms. The Morgan fingerprint density at radius 3 is 2.61 bits per heavy atom. The Hall–Kier alpha value is -2.62. The van der Waals surface area contributed by atoms with Crippen LogP contribution in [-0.2, 0) is 19.9 Å². The first-order valence-electron chi connectivity index (χ1n) is 7.84. The zero-order valence-corrected chi connectivity index (χ0v) is 13.3. The van der Waals surface area contributed by atoms with Crippen molar-refractivity contribution in [2.45, 2.75) is 25.3 Å². The number of amides is 1. The van der Waals surface area contributed by atoms with E-state index in [0.717, 1.165) is 23.9 Å². The molecule has 23 heavy (non-hydrogen) atoms. The van der Waals surface area contributed by atoms with Crippen LogP contribution in [0.4, 0.5) is 0 Å². The molecule has 1 aromatic carbocycles. The molecule has 0 spiro atoms. The minimum absolute atomic E-state index is 0.0569. The van der Waals surface area contributed by atoms with Crippen LogP contribution in [0.2, 0.25) is 0 Å². The van der Waals surface area contributed by atoms with Crippen LogP contribution >= 0.6 is 0 Å². The molecule has 2 aromatic heterocycles. The molecule has 0 bridgehead atoms. The number of aryl methyl sites for hydroxylation is 1. The van der Waals surface area contributed by atoms with Crippen molar-refractivity contribution in [3.63, 3.8) is 0 Å². The third kappa shape index (κ3) is 2.40. The van der Waals surface area contributed by atoms with Crippen molar-refractivity contribution in [1.82, 2.24) is 14.9 Å². The van der Waals surface area contributed by atoms with Gasteiger partial charge in [0.05, 0.1) is 5.56 Å². The van der Waals surface area contributed by atoms with Crippen LogP contribution < -0.4 is 5.32 Å². The van der Waals surface area contributed by atoms with Gasteiger partial charge in [-0.25, -0.2) is 4.98 Å². The van der Waals surface area contributed by atoms with E-state index in [1.165, 1.54) is 11.1 Å². The summed E-state index contributed by atoms with van der Waals surface area (Å²) in [4.78, 5) is 17.1. The molecule has 1 aliphatic carbocycles. The van der Waals surface area contributed by atoms with Crippen molar-refractivity contribution < 1.29 is 4.79 Å². The second-order valence-corrected chi connectivity index (χ2v) is 6.70. The van der Waals surface area contributed by atoms with E-state index < -0.39 is 0 Å². The zero-order valence-electron chi connectivity index (χ0n) is 13.3. The first kappa shape index (κ1) is 14.0. The van der Waals surface area contributed by atoms with E-state index in [0.29, 0.717) is 5.56 Å². The lowest BCUT2D eigenvalue weighted by Gasteiger charge is -2.25. The largest absolute Gasteiger partial charge is 0.346 e. The van der Waals surface area contributed by atoms with Crippen LogP contribution in [0.15, 0.2) is 48.8 Å². The SMILES string of the molecule is Cn1ccc2cc(C(=O)NC3(C)Cc4ccccc4C3)cnc21. The van der Waals surface area contributed by atoms with Gasteiger partial charge in [0.1, 0.15) is 5.65 Å². The van der Waals surface area contributed by atoms with Crippen LogP contribution in [0, 0.1) is 0 Å². The normalized spacial score (nSPS) is 15.6. The highest BCUT2D eigenvalue weighted by Gasteiger charge is 2.34. The molecule has 3 aromatic rings. The first-order valence-corrected chi connectivity index (χ1v) is 7.84. The van der Waals surface area contributed by atoms with E-state index in [1.807, 2.05) is 29.9 Å². The summed E-state index contributed by atoms with van der Waals surface area (Å²) in [5.41, 5.74) is 3.92. The van der Waals surface area contributed by atoms with Crippen LogP contribution in [0.25, 0.3) is 11.0 Å². The average Bonchev–Trinajstić information content (AvgIpc) is 3.06. The molecule has 2 heterocycles. The van der Waals surface area contributed by atoms with Gasteiger partial charge in [-0.15, -0.1) is 0 Å². The third-order valence-corrected chi connectivity index (χ3v) is 4.66. The van der Waals surface area contributed by atoms with Crippen molar-refractivity contribution in [3.05, 3.63) is 65.5 Å². The Labute approximate surface area is 135 Å². The molecule has 0 atom stereocenters. The van der Waals surface area contributed by atoms with Gasteiger partial charge in [0.25, 0.3) is 5.91 Å². The number of carbonyl (C=O) groups excluding carboxylic acids is 1. The summed E-state index contributed by atoms with van der Waals surface area (Å²) in [5.74, 6) is -0.0569. The number of aromatic nitrogens is 2. The number of pyridine rings is 1. The van der Waals surface area contributed by atoms with Gasteiger partial charge in [-0.3, -0.25) is 4.79 Å². The maximum Gasteiger partial charge on any atom is 0.253 e. The van der Waals surface area contributed by atoms with Gasteiger partial charge in [0.15, 0.2) is 0 Å². The summed E-state index contributed by atoms with van der Waals surface area (Å²) in [6, 6.07) is 12.3. The predicted octanol–water partition coefficient (Wildman–Crippen LogP) is 2.86. The number of fused-ring (bicyclic) bond motifs is 2. The molecule has 4 nitrogen and oxygen atoms in total. The van der Waals surface area contributed by atoms with E-state index in [2.05, 4.69) is 41.5 Å². The predicted molar refractivity (Wildman–Crippen MR) is 90.4 cm³/mol. The van der Waals surface area contributed by atoms with Crippen molar-refractivity contribution in [2.24, 2.45) is 7.05 Å². The topological polar surface area (TPSA) is 46.9 Å². The van der Waals surface area contributed by atoms with Gasteiger partial charge >= 0.3 is 0 Å². The molecular weight excluding hydrogens is 286 g/mol. The molecule has 4 rings (SSSR count). The fourth-order valence-electron chi connectivity index (χ4n) is 3.52. The minimum atomic E-state index is -0.230. The lowest BCUT2D eigenvalue weighted by Crippen LogP contribution is -2.46. The van der Waals surface area contributed by atoms with E-state index in [4.69, 9.17) is 0 Å². The van der Waals surface area contributed by atoms with E-state index in [-0.39, 0.29) is 11.4 Å². The molecule has 0 saturated carbocycles. The standard InChI is InChI=1S/C19H19N3O/c1-19(10-14-5-3-4-6-15(14)11-19)21-18(23)16-9-13-7-8-22(2)17(13)20-12-16/h3-9,12H,10-11H2,1-2H3,(H,21,23). The van der Waals surface area contributed by atoms with E-state index in [9.17, 15) is 4.79 Å². The molecule has 0 fully saturated rings. The number of rotatable bonds is 2. The number of nitrogens with one attached hydrogen (secondary N) is 1. The molecule has 1 N–H and O–H groups in total. The number of hydrogen-bond donors (Lipinski definition) is 1. The fourth-order valence-corrected chi connectivity index (χ4v) is 3.52. The molecular formula is C19H19N3O. The Bertz CT molecular complexity index is 885. The number of benzene rings is 1. The van der Waals surface area contributed by atoms with Gasteiger partial charge in [-0.1, -0.05) is 24.3 Å². The zero-order chi connectivity index (χ0) is 16.0. The average molecular weight is 305 g/mol. The van der Waals surface area contributed by atoms with Crippen molar-refractivity contribution in [1.29, 1.82) is 0 Å². The summed E-state index contributed by atoms with van der Waals surface area (Å²) < 4.78 is 1.95. The van der Waals surface area contributed by atoms with Gasteiger partial charge in [-0.05, 0) is 43.0 Å². The molecule has 0 aliphatic heterocycles. The van der Waals surface area contributed by atoms with Gasteiger partial charge in [0.2, 0.25) is 0 Å². The third-order valence-electron chi connectivity index (χ3n) is 4.66. The molecule has 0 radical (unpaired) electrons. The van der Waals surface area contributed by atoms with E-state index in [1.54, 1.807) is 6.20 Å². The second-order valence-electron chi connectivity index (χ2n) is 6.70.